The molecule has 2 aromatic rings. The number of benzene rings is 1. The van der Waals surface area contributed by atoms with Crippen LogP contribution in [0.15, 0.2) is 24.3 Å². The zero-order valence-corrected chi connectivity index (χ0v) is 10.5. The van der Waals surface area contributed by atoms with Crippen LogP contribution in [-0.2, 0) is 7.05 Å². The maximum atomic E-state index is 10.9. The van der Waals surface area contributed by atoms with Crippen molar-refractivity contribution in [3.8, 4) is 17.0 Å². The molecule has 5 heteroatoms. The van der Waals surface area contributed by atoms with E-state index in [4.69, 9.17) is 9.84 Å². The van der Waals surface area contributed by atoms with Crippen molar-refractivity contribution >= 4 is 5.97 Å². The zero-order valence-electron chi connectivity index (χ0n) is 10.5. The van der Waals surface area contributed by atoms with Crippen molar-refractivity contribution in [1.29, 1.82) is 0 Å². The second-order valence-electron chi connectivity index (χ2n) is 4.05. The highest BCUT2D eigenvalue weighted by molar-refractivity contribution is 5.87. The Morgan fingerprint density at radius 1 is 1.39 bits per heavy atom. The molecular weight excluding hydrogens is 232 g/mol. The second-order valence-corrected chi connectivity index (χ2v) is 4.05. The minimum Gasteiger partial charge on any atom is -0.496 e. The van der Waals surface area contributed by atoms with Gasteiger partial charge in [0.25, 0.3) is 0 Å². The molecule has 0 saturated heterocycles. The van der Waals surface area contributed by atoms with E-state index < -0.39 is 5.97 Å². The SMILES string of the molecule is COc1cc(C)ccc1-c1cc(C(=O)O)nn1C. The van der Waals surface area contributed by atoms with E-state index in [1.165, 1.54) is 10.7 Å². The Balaban J connectivity index is 2.58. The lowest BCUT2D eigenvalue weighted by Crippen LogP contribution is -1.99. The molecular formula is C13H14N2O3. The minimum absolute atomic E-state index is 0.0233. The maximum absolute atomic E-state index is 10.9. The van der Waals surface area contributed by atoms with E-state index in [9.17, 15) is 4.79 Å². The van der Waals surface area contributed by atoms with Crippen molar-refractivity contribution in [1.82, 2.24) is 9.78 Å². The Morgan fingerprint density at radius 2 is 2.11 bits per heavy atom. The standard InChI is InChI=1S/C13H14N2O3/c1-8-4-5-9(12(6-8)18-3)11-7-10(13(16)17)14-15(11)2/h4-7H,1-3H3,(H,16,17). The van der Waals surface area contributed by atoms with Crippen molar-refractivity contribution in [3.63, 3.8) is 0 Å². The Kier molecular flexibility index (Phi) is 3.06. The van der Waals surface area contributed by atoms with Gasteiger partial charge in [0, 0.05) is 12.6 Å². The van der Waals surface area contributed by atoms with Gasteiger partial charge in [-0.05, 0) is 30.7 Å². The molecule has 94 valence electrons. The minimum atomic E-state index is -1.04. The van der Waals surface area contributed by atoms with E-state index in [1.807, 2.05) is 25.1 Å². The number of methoxy groups -OCH3 is 1. The first kappa shape index (κ1) is 12.2. The van der Waals surface area contributed by atoms with Gasteiger partial charge in [-0.1, -0.05) is 6.07 Å². The summed E-state index contributed by atoms with van der Waals surface area (Å²) in [5.41, 5.74) is 2.64. The molecule has 0 saturated carbocycles. The molecule has 0 radical (unpaired) electrons. The number of ether oxygens (including phenoxy) is 1. The number of hydrogen-bond donors (Lipinski definition) is 1. The monoisotopic (exact) mass is 246 g/mol. The van der Waals surface area contributed by atoms with Crippen LogP contribution >= 0.6 is 0 Å². The highest BCUT2D eigenvalue weighted by Crippen LogP contribution is 2.30. The molecule has 0 bridgehead atoms. The Bertz CT molecular complexity index is 602. The summed E-state index contributed by atoms with van der Waals surface area (Å²) in [6, 6.07) is 7.29. The van der Waals surface area contributed by atoms with Crippen molar-refractivity contribution < 1.29 is 14.6 Å². The van der Waals surface area contributed by atoms with Gasteiger partial charge in [-0.15, -0.1) is 0 Å². The van der Waals surface area contributed by atoms with Crippen LogP contribution < -0.4 is 4.74 Å². The third-order valence-corrected chi connectivity index (χ3v) is 2.73. The van der Waals surface area contributed by atoms with Crippen LogP contribution in [0.4, 0.5) is 0 Å². The lowest BCUT2D eigenvalue weighted by Gasteiger charge is -2.09. The van der Waals surface area contributed by atoms with Gasteiger partial charge in [0.2, 0.25) is 0 Å². The van der Waals surface area contributed by atoms with E-state index in [0.29, 0.717) is 11.4 Å². The number of rotatable bonds is 3. The largest absolute Gasteiger partial charge is 0.496 e. The fourth-order valence-corrected chi connectivity index (χ4v) is 1.83. The third kappa shape index (κ3) is 2.07. The molecule has 2 rings (SSSR count). The van der Waals surface area contributed by atoms with E-state index >= 15 is 0 Å². The number of carboxylic acid groups (broad SMARTS) is 1. The quantitative estimate of drug-likeness (QED) is 0.900. The lowest BCUT2D eigenvalue weighted by atomic mass is 10.1. The van der Waals surface area contributed by atoms with Gasteiger partial charge in [0.1, 0.15) is 5.75 Å². The van der Waals surface area contributed by atoms with Gasteiger partial charge >= 0.3 is 5.97 Å². The molecule has 0 aliphatic heterocycles. The predicted octanol–water partition coefficient (Wildman–Crippen LogP) is 2.10. The van der Waals surface area contributed by atoms with Crippen LogP contribution in [0.3, 0.4) is 0 Å². The first-order valence-electron chi connectivity index (χ1n) is 5.45. The number of aromatic carboxylic acids is 1. The fraction of sp³-hybridized carbons (Fsp3) is 0.231. The van der Waals surface area contributed by atoms with Crippen LogP contribution in [0.5, 0.6) is 5.75 Å². The average Bonchev–Trinajstić information content (AvgIpc) is 2.71. The average molecular weight is 246 g/mol. The topological polar surface area (TPSA) is 64.3 Å². The summed E-state index contributed by atoms with van der Waals surface area (Å²) in [6.07, 6.45) is 0. The lowest BCUT2D eigenvalue weighted by molar-refractivity contribution is 0.0689. The Hall–Kier alpha value is -2.30. The normalized spacial score (nSPS) is 10.4. The first-order chi connectivity index (χ1) is 8.52. The summed E-state index contributed by atoms with van der Waals surface area (Å²) < 4.78 is 6.86. The molecule has 1 aromatic heterocycles. The number of carbonyl (C=O) groups is 1. The number of aromatic nitrogens is 2. The summed E-state index contributed by atoms with van der Waals surface area (Å²) in [5.74, 6) is -0.335. The number of hydrogen-bond acceptors (Lipinski definition) is 3. The summed E-state index contributed by atoms with van der Waals surface area (Å²) in [7, 11) is 3.30. The smallest absolute Gasteiger partial charge is 0.356 e. The highest BCUT2D eigenvalue weighted by atomic mass is 16.5. The first-order valence-corrected chi connectivity index (χ1v) is 5.45. The van der Waals surface area contributed by atoms with Crippen LogP contribution in [0, 0.1) is 6.92 Å². The van der Waals surface area contributed by atoms with Gasteiger partial charge in [0.15, 0.2) is 5.69 Å². The molecule has 1 aromatic carbocycles. The molecule has 5 nitrogen and oxygen atoms in total. The van der Waals surface area contributed by atoms with E-state index in [0.717, 1.165) is 11.1 Å². The van der Waals surface area contributed by atoms with E-state index in [1.54, 1.807) is 14.2 Å². The van der Waals surface area contributed by atoms with Crippen LogP contribution in [0.25, 0.3) is 11.3 Å². The molecule has 1 heterocycles. The van der Waals surface area contributed by atoms with Crippen molar-refractivity contribution in [2.75, 3.05) is 7.11 Å². The van der Waals surface area contributed by atoms with Crippen molar-refractivity contribution in [2.24, 2.45) is 7.05 Å². The summed E-state index contributed by atoms with van der Waals surface area (Å²) in [6.45, 7) is 1.97. The molecule has 1 N–H and O–H groups in total. The molecule has 0 fully saturated rings. The van der Waals surface area contributed by atoms with E-state index in [2.05, 4.69) is 5.10 Å². The Labute approximate surface area is 105 Å². The second kappa shape index (κ2) is 4.52. The van der Waals surface area contributed by atoms with Crippen LogP contribution in [0.1, 0.15) is 16.1 Å². The molecule has 18 heavy (non-hydrogen) atoms. The third-order valence-electron chi connectivity index (χ3n) is 2.73. The summed E-state index contributed by atoms with van der Waals surface area (Å²) >= 11 is 0. The predicted molar refractivity (Wildman–Crippen MR) is 66.9 cm³/mol. The van der Waals surface area contributed by atoms with Crippen molar-refractivity contribution in [3.05, 3.63) is 35.5 Å². The molecule has 0 aliphatic carbocycles. The molecule has 0 amide bonds. The van der Waals surface area contributed by atoms with Gasteiger partial charge in [-0.3, -0.25) is 4.68 Å². The Morgan fingerprint density at radius 3 is 2.67 bits per heavy atom. The van der Waals surface area contributed by atoms with Gasteiger partial charge in [0.05, 0.1) is 12.8 Å². The molecule has 0 unspecified atom stereocenters. The van der Waals surface area contributed by atoms with Gasteiger partial charge < -0.3 is 9.84 Å². The summed E-state index contributed by atoms with van der Waals surface area (Å²) in [5, 5.41) is 12.9. The number of nitrogens with zero attached hydrogens (tertiary/aromatic N) is 2. The number of carboxylic acids is 1. The van der Waals surface area contributed by atoms with Gasteiger partial charge in [-0.2, -0.15) is 5.10 Å². The zero-order chi connectivity index (χ0) is 13.3. The van der Waals surface area contributed by atoms with Gasteiger partial charge in [-0.25, -0.2) is 4.79 Å². The number of aryl methyl sites for hydroxylation is 2. The highest BCUT2D eigenvalue weighted by Gasteiger charge is 2.15. The maximum Gasteiger partial charge on any atom is 0.356 e. The molecule has 0 atom stereocenters. The summed E-state index contributed by atoms with van der Waals surface area (Å²) in [4.78, 5) is 10.9. The molecule has 0 aliphatic rings. The molecule has 0 spiro atoms. The van der Waals surface area contributed by atoms with Crippen LogP contribution in [-0.4, -0.2) is 28.0 Å². The van der Waals surface area contributed by atoms with Crippen molar-refractivity contribution in [2.45, 2.75) is 6.92 Å². The van der Waals surface area contributed by atoms with Crippen LogP contribution in [0.2, 0.25) is 0 Å². The fourth-order valence-electron chi connectivity index (χ4n) is 1.83. The van der Waals surface area contributed by atoms with E-state index in [-0.39, 0.29) is 5.69 Å².